The molecule has 2 amide bonds. The standard InChI is InChI=1S/C21H24N4O2/c1-16(2)27-20-9-7-19(8-10-20)24-11-13-25(14-12-24)21(26)23-18-5-3-17(15-22)4-6-18/h3-10,16H,11-14H2,1-2H3,(H,23,26). The fourth-order valence-electron chi connectivity index (χ4n) is 3.01. The molecule has 1 heterocycles. The van der Waals surface area contributed by atoms with Gasteiger partial charge < -0.3 is 19.9 Å². The Balaban J connectivity index is 1.52. The van der Waals surface area contributed by atoms with Crippen LogP contribution in [0.15, 0.2) is 48.5 Å². The number of rotatable bonds is 4. The van der Waals surface area contributed by atoms with Gasteiger partial charge in [-0.3, -0.25) is 0 Å². The minimum absolute atomic E-state index is 0.111. The van der Waals surface area contributed by atoms with E-state index in [9.17, 15) is 4.79 Å². The molecule has 0 saturated carbocycles. The lowest BCUT2D eigenvalue weighted by Crippen LogP contribution is -2.50. The average Bonchev–Trinajstić information content (AvgIpc) is 2.69. The molecule has 2 aromatic carbocycles. The van der Waals surface area contributed by atoms with Gasteiger partial charge in [0, 0.05) is 37.6 Å². The van der Waals surface area contributed by atoms with E-state index in [-0.39, 0.29) is 12.1 Å². The van der Waals surface area contributed by atoms with Crippen LogP contribution in [0.3, 0.4) is 0 Å². The third-order valence-corrected chi connectivity index (χ3v) is 4.41. The van der Waals surface area contributed by atoms with Gasteiger partial charge in [0.1, 0.15) is 5.75 Å². The molecule has 140 valence electrons. The highest BCUT2D eigenvalue weighted by molar-refractivity contribution is 5.89. The molecule has 3 rings (SSSR count). The second kappa shape index (κ2) is 8.45. The largest absolute Gasteiger partial charge is 0.491 e. The summed E-state index contributed by atoms with van der Waals surface area (Å²) in [7, 11) is 0. The summed E-state index contributed by atoms with van der Waals surface area (Å²) < 4.78 is 5.68. The van der Waals surface area contributed by atoms with Crippen LogP contribution in [0.25, 0.3) is 0 Å². The maximum atomic E-state index is 12.4. The number of benzene rings is 2. The first-order chi connectivity index (χ1) is 13.0. The number of nitrogens with zero attached hydrogens (tertiary/aromatic N) is 3. The molecule has 0 unspecified atom stereocenters. The summed E-state index contributed by atoms with van der Waals surface area (Å²) in [5.74, 6) is 0.870. The molecule has 27 heavy (non-hydrogen) atoms. The highest BCUT2D eigenvalue weighted by atomic mass is 16.5. The van der Waals surface area contributed by atoms with E-state index in [0.717, 1.165) is 24.5 Å². The van der Waals surface area contributed by atoms with Gasteiger partial charge in [-0.1, -0.05) is 0 Å². The molecule has 1 saturated heterocycles. The quantitative estimate of drug-likeness (QED) is 0.898. The molecule has 0 aliphatic carbocycles. The Kier molecular flexibility index (Phi) is 5.82. The van der Waals surface area contributed by atoms with Crippen molar-refractivity contribution in [1.29, 1.82) is 5.26 Å². The zero-order valence-electron chi connectivity index (χ0n) is 15.7. The summed E-state index contributed by atoms with van der Waals surface area (Å²) in [5, 5.41) is 11.7. The van der Waals surface area contributed by atoms with Crippen LogP contribution < -0.4 is 15.0 Å². The third kappa shape index (κ3) is 4.91. The SMILES string of the molecule is CC(C)Oc1ccc(N2CCN(C(=O)Nc3ccc(C#N)cc3)CC2)cc1. The van der Waals surface area contributed by atoms with Crippen molar-refractivity contribution in [3.63, 3.8) is 0 Å². The Labute approximate surface area is 160 Å². The number of carbonyl (C=O) groups excluding carboxylic acids is 1. The maximum Gasteiger partial charge on any atom is 0.321 e. The molecule has 0 atom stereocenters. The van der Waals surface area contributed by atoms with E-state index in [0.29, 0.717) is 24.3 Å². The van der Waals surface area contributed by atoms with Crippen molar-refractivity contribution in [3.05, 3.63) is 54.1 Å². The lowest BCUT2D eigenvalue weighted by Gasteiger charge is -2.36. The van der Waals surface area contributed by atoms with Gasteiger partial charge in [0.2, 0.25) is 0 Å². The normalized spacial score (nSPS) is 14.0. The summed E-state index contributed by atoms with van der Waals surface area (Å²) >= 11 is 0. The summed E-state index contributed by atoms with van der Waals surface area (Å²) in [4.78, 5) is 16.5. The lowest BCUT2D eigenvalue weighted by molar-refractivity contribution is 0.208. The monoisotopic (exact) mass is 364 g/mol. The molecule has 6 heteroatoms. The minimum Gasteiger partial charge on any atom is -0.491 e. The van der Waals surface area contributed by atoms with Crippen LogP contribution in [0.1, 0.15) is 19.4 Å². The van der Waals surface area contributed by atoms with Crippen LogP contribution in [0.5, 0.6) is 5.75 Å². The predicted molar refractivity (Wildman–Crippen MR) is 106 cm³/mol. The molecular weight excluding hydrogens is 340 g/mol. The van der Waals surface area contributed by atoms with Gasteiger partial charge in [0.15, 0.2) is 0 Å². The first kappa shape index (κ1) is 18.6. The Morgan fingerprint density at radius 3 is 2.22 bits per heavy atom. The van der Waals surface area contributed by atoms with E-state index in [1.807, 2.05) is 30.9 Å². The topological polar surface area (TPSA) is 68.6 Å². The highest BCUT2D eigenvalue weighted by Crippen LogP contribution is 2.21. The molecule has 1 aliphatic heterocycles. The average molecular weight is 364 g/mol. The first-order valence-corrected chi connectivity index (χ1v) is 9.13. The van der Waals surface area contributed by atoms with E-state index in [4.69, 9.17) is 10.00 Å². The molecule has 6 nitrogen and oxygen atoms in total. The summed E-state index contributed by atoms with van der Waals surface area (Å²) in [6, 6.07) is 16.9. The van der Waals surface area contributed by atoms with Crippen molar-refractivity contribution in [2.75, 3.05) is 36.4 Å². The zero-order valence-corrected chi connectivity index (χ0v) is 15.7. The molecular formula is C21H24N4O2. The number of urea groups is 1. The van der Waals surface area contributed by atoms with Crippen molar-refractivity contribution < 1.29 is 9.53 Å². The second-order valence-corrected chi connectivity index (χ2v) is 6.75. The van der Waals surface area contributed by atoms with Crippen LogP contribution in [0.4, 0.5) is 16.2 Å². The molecule has 0 spiro atoms. The Bertz CT molecular complexity index is 802. The molecule has 0 radical (unpaired) electrons. The number of piperazine rings is 1. The minimum atomic E-state index is -0.111. The van der Waals surface area contributed by atoms with Gasteiger partial charge in [0.25, 0.3) is 0 Å². The first-order valence-electron chi connectivity index (χ1n) is 9.13. The number of ether oxygens (including phenoxy) is 1. The fourth-order valence-corrected chi connectivity index (χ4v) is 3.01. The molecule has 1 N–H and O–H groups in total. The smallest absolute Gasteiger partial charge is 0.321 e. The van der Waals surface area contributed by atoms with Gasteiger partial charge in [-0.15, -0.1) is 0 Å². The summed E-state index contributed by atoms with van der Waals surface area (Å²) in [6.07, 6.45) is 0.161. The summed E-state index contributed by atoms with van der Waals surface area (Å²) in [5.41, 5.74) is 2.41. The second-order valence-electron chi connectivity index (χ2n) is 6.75. The fraction of sp³-hybridized carbons (Fsp3) is 0.333. The van der Waals surface area contributed by atoms with Gasteiger partial charge in [-0.25, -0.2) is 4.79 Å². The van der Waals surface area contributed by atoms with Crippen LogP contribution >= 0.6 is 0 Å². The highest BCUT2D eigenvalue weighted by Gasteiger charge is 2.21. The molecule has 2 aromatic rings. The van der Waals surface area contributed by atoms with Gasteiger partial charge in [-0.05, 0) is 62.4 Å². The van der Waals surface area contributed by atoms with Gasteiger partial charge in [-0.2, -0.15) is 5.26 Å². The van der Waals surface area contributed by atoms with Crippen molar-refractivity contribution in [1.82, 2.24) is 4.90 Å². The molecule has 0 bridgehead atoms. The van der Waals surface area contributed by atoms with E-state index < -0.39 is 0 Å². The van der Waals surface area contributed by atoms with Crippen LogP contribution in [-0.2, 0) is 0 Å². The van der Waals surface area contributed by atoms with Crippen LogP contribution in [0, 0.1) is 11.3 Å². The number of carbonyl (C=O) groups is 1. The number of amides is 2. The zero-order chi connectivity index (χ0) is 19.2. The summed E-state index contributed by atoms with van der Waals surface area (Å²) in [6.45, 7) is 6.90. The van der Waals surface area contributed by atoms with Crippen LogP contribution in [0.2, 0.25) is 0 Å². The van der Waals surface area contributed by atoms with Crippen molar-refractivity contribution >= 4 is 17.4 Å². The molecule has 1 fully saturated rings. The maximum absolute atomic E-state index is 12.4. The van der Waals surface area contributed by atoms with E-state index >= 15 is 0 Å². The van der Waals surface area contributed by atoms with E-state index in [2.05, 4.69) is 28.4 Å². The Morgan fingerprint density at radius 1 is 1.04 bits per heavy atom. The van der Waals surface area contributed by atoms with E-state index in [1.54, 1.807) is 24.3 Å². The number of nitrogens with one attached hydrogen (secondary N) is 1. The lowest BCUT2D eigenvalue weighted by atomic mass is 10.2. The number of nitriles is 1. The number of anilines is 2. The van der Waals surface area contributed by atoms with Crippen molar-refractivity contribution in [2.24, 2.45) is 0 Å². The van der Waals surface area contributed by atoms with E-state index in [1.165, 1.54) is 0 Å². The third-order valence-electron chi connectivity index (χ3n) is 4.41. The molecule has 0 aromatic heterocycles. The van der Waals surface area contributed by atoms with Crippen LogP contribution in [-0.4, -0.2) is 43.2 Å². The van der Waals surface area contributed by atoms with Gasteiger partial charge >= 0.3 is 6.03 Å². The van der Waals surface area contributed by atoms with Gasteiger partial charge in [0.05, 0.1) is 17.7 Å². The van der Waals surface area contributed by atoms with Crippen molar-refractivity contribution in [3.8, 4) is 11.8 Å². The Morgan fingerprint density at radius 2 is 1.67 bits per heavy atom. The number of hydrogen-bond donors (Lipinski definition) is 1. The molecule has 1 aliphatic rings. The predicted octanol–water partition coefficient (Wildman–Crippen LogP) is 3.70. The van der Waals surface area contributed by atoms with Crippen molar-refractivity contribution in [2.45, 2.75) is 20.0 Å². The Hall–Kier alpha value is -3.20. The number of hydrogen-bond acceptors (Lipinski definition) is 4.